The van der Waals surface area contributed by atoms with E-state index in [-0.39, 0.29) is 41.1 Å². The van der Waals surface area contributed by atoms with Crippen LogP contribution in [-0.4, -0.2) is 0 Å². The van der Waals surface area contributed by atoms with Crippen LogP contribution in [0.3, 0.4) is 0 Å². The van der Waals surface area contributed by atoms with Crippen LogP contribution in [0.15, 0.2) is 41.5 Å². The van der Waals surface area contributed by atoms with Gasteiger partial charge >= 0.3 is 26.2 Å². The van der Waals surface area contributed by atoms with Crippen LogP contribution in [-0.2, 0) is 26.2 Å². The smallest absolute Gasteiger partial charge is 0.358 e. The molecule has 1 heteroatoms. The monoisotopic (exact) mass is 332 g/mol. The molecule has 0 fully saturated rings. The van der Waals surface area contributed by atoms with Crippen LogP contribution in [0.2, 0.25) is 0 Å². The van der Waals surface area contributed by atoms with Gasteiger partial charge in [0.15, 0.2) is 0 Å². The van der Waals surface area contributed by atoms with Crippen molar-refractivity contribution in [2.24, 2.45) is 5.92 Å². The maximum absolute atomic E-state index is 3.36. The molecule has 19 heavy (non-hydrogen) atoms. The molecule has 2 aliphatic carbocycles. The van der Waals surface area contributed by atoms with Gasteiger partial charge in [0.05, 0.1) is 0 Å². The summed E-state index contributed by atoms with van der Waals surface area (Å²) in [6.07, 6.45) is 11.0. The van der Waals surface area contributed by atoms with Crippen LogP contribution in [0.4, 0.5) is 0 Å². The van der Waals surface area contributed by atoms with Gasteiger partial charge in [-0.2, -0.15) is 28.8 Å². The minimum atomic E-state index is 0. The Morgan fingerprint density at radius 2 is 1.68 bits per heavy atom. The molecule has 0 spiro atoms. The SMILES string of the molecule is CC1[C-]=CC2=C1CCCC2.C[c-]1cccc1.[CH3-].[CH3-].[Zr+4]. The molecular weight excluding hydrogens is 307 g/mol. The topological polar surface area (TPSA) is 0 Å². The van der Waals surface area contributed by atoms with Gasteiger partial charge in [-0.1, -0.05) is 39.0 Å². The van der Waals surface area contributed by atoms with Gasteiger partial charge in [0.25, 0.3) is 0 Å². The Hall–Kier alpha value is -0.287. The maximum atomic E-state index is 3.36. The first-order valence-corrected chi connectivity index (χ1v) is 6.27. The van der Waals surface area contributed by atoms with Crippen LogP contribution in [0.5, 0.6) is 0 Å². The van der Waals surface area contributed by atoms with Crippen molar-refractivity contribution in [1.29, 1.82) is 0 Å². The largest absolute Gasteiger partial charge is 4.00 e. The van der Waals surface area contributed by atoms with Crippen molar-refractivity contribution >= 4 is 0 Å². The minimum absolute atomic E-state index is 0. The van der Waals surface area contributed by atoms with Gasteiger partial charge in [-0.25, -0.2) is 18.2 Å². The summed E-state index contributed by atoms with van der Waals surface area (Å²) in [4.78, 5) is 0. The van der Waals surface area contributed by atoms with E-state index in [9.17, 15) is 0 Å². The zero-order valence-electron chi connectivity index (χ0n) is 12.8. The maximum Gasteiger partial charge on any atom is 4.00 e. The fourth-order valence-electron chi connectivity index (χ4n) is 2.41. The molecule has 1 atom stereocenters. The zero-order chi connectivity index (χ0) is 11.4. The molecule has 1 aromatic carbocycles. The summed E-state index contributed by atoms with van der Waals surface area (Å²) >= 11 is 0. The Morgan fingerprint density at radius 3 is 2.16 bits per heavy atom. The average Bonchev–Trinajstić information content (AvgIpc) is 2.91. The first kappa shape index (κ1) is 21.0. The summed E-state index contributed by atoms with van der Waals surface area (Å²) < 4.78 is 0. The van der Waals surface area contributed by atoms with Crippen LogP contribution in [0, 0.1) is 33.8 Å². The van der Waals surface area contributed by atoms with Crippen LogP contribution < -0.4 is 0 Å². The number of aryl methyl sites for hydroxylation is 1. The van der Waals surface area contributed by atoms with Crippen molar-refractivity contribution in [2.45, 2.75) is 39.5 Å². The van der Waals surface area contributed by atoms with E-state index in [1.165, 1.54) is 31.2 Å². The van der Waals surface area contributed by atoms with Gasteiger partial charge in [0.1, 0.15) is 0 Å². The summed E-state index contributed by atoms with van der Waals surface area (Å²) in [5, 5.41) is 0. The number of rotatable bonds is 0. The summed E-state index contributed by atoms with van der Waals surface area (Å²) in [5.41, 5.74) is 4.61. The van der Waals surface area contributed by atoms with Gasteiger partial charge in [-0.3, -0.25) is 6.08 Å². The molecular formula is C18H26Zr. The molecule has 1 unspecified atom stereocenters. The van der Waals surface area contributed by atoms with Crippen molar-refractivity contribution in [3.63, 3.8) is 0 Å². The summed E-state index contributed by atoms with van der Waals surface area (Å²) in [5.74, 6) is 0.635. The second-order valence-corrected chi connectivity index (χ2v) is 4.75. The van der Waals surface area contributed by atoms with Crippen LogP contribution in [0.1, 0.15) is 38.2 Å². The second kappa shape index (κ2) is 10.5. The molecule has 0 saturated heterocycles. The van der Waals surface area contributed by atoms with E-state index in [0.29, 0.717) is 5.92 Å². The summed E-state index contributed by atoms with van der Waals surface area (Å²) in [6.45, 7) is 4.34. The number of hydrogen-bond donors (Lipinski definition) is 0. The molecule has 0 radical (unpaired) electrons. The third-order valence-corrected chi connectivity index (χ3v) is 3.41. The minimum Gasteiger partial charge on any atom is -0.358 e. The summed E-state index contributed by atoms with van der Waals surface area (Å²) in [7, 11) is 0. The van der Waals surface area contributed by atoms with E-state index in [0.717, 1.165) is 0 Å². The predicted octanol–water partition coefficient (Wildman–Crippen LogP) is 5.48. The van der Waals surface area contributed by atoms with Crippen molar-refractivity contribution in [3.05, 3.63) is 68.0 Å². The van der Waals surface area contributed by atoms with E-state index < -0.39 is 0 Å². The van der Waals surface area contributed by atoms with E-state index in [4.69, 9.17) is 0 Å². The normalized spacial score (nSPS) is 19.2. The molecule has 2 aliphatic rings. The van der Waals surface area contributed by atoms with Crippen LogP contribution in [0.25, 0.3) is 0 Å². The van der Waals surface area contributed by atoms with Gasteiger partial charge in [-0.05, 0) is 6.42 Å². The zero-order valence-corrected chi connectivity index (χ0v) is 15.3. The first-order valence-electron chi connectivity index (χ1n) is 6.27. The molecule has 3 rings (SSSR count). The first-order chi connectivity index (χ1) is 7.77. The number of allylic oxidation sites excluding steroid dienone is 4. The predicted molar refractivity (Wildman–Crippen MR) is 82.1 cm³/mol. The molecule has 102 valence electrons. The fourth-order valence-corrected chi connectivity index (χ4v) is 2.41. The van der Waals surface area contributed by atoms with Crippen molar-refractivity contribution < 1.29 is 26.2 Å². The molecule has 0 N–H and O–H groups in total. The van der Waals surface area contributed by atoms with E-state index in [1.807, 2.05) is 12.1 Å². The molecule has 0 heterocycles. The Bertz CT molecular complexity index is 382. The van der Waals surface area contributed by atoms with Crippen molar-refractivity contribution in [2.75, 3.05) is 0 Å². The Kier molecular flexibility index (Phi) is 11.6. The van der Waals surface area contributed by atoms with Gasteiger partial charge in [-0.15, -0.1) is 0 Å². The van der Waals surface area contributed by atoms with Crippen molar-refractivity contribution in [1.82, 2.24) is 0 Å². The number of hydrogen-bond acceptors (Lipinski definition) is 0. The molecule has 0 saturated carbocycles. The third kappa shape index (κ3) is 6.13. The standard InChI is InChI=1S/C10H13.C6H7.2CH3.Zr/c1-8-6-7-9-4-2-3-5-10(8)9;1-6-4-2-3-5-6;;;/h7-8H,2-5H2,1H3;2-5H,1H3;2*1H3;/q4*-1;+4. The molecule has 0 nitrogen and oxygen atoms in total. The second-order valence-electron chi connectivity index (χ2n) is 4.75. The third-order valence-electron chi connectivity index (χ3n) is 3.41. The Balaban J connectivity index is 0. The van der Waals surface area contributed by atoms with E-state index in [1.54, 1.807) is 11.1 Å². The van der Waals surface area contributed by atoms with Gasteiger partial charge < -0.3 is 14.9 Å². The van der Waals surface area contributed by atoms with Gasteiger partial charge in [0, 0.05) is 0 Å². The molecule has 0 aliphatic heterocycles. The Labute approximate surface area is 139 Å². The fraction of sp³-hybridized carbons (Fsp3) is 0.389. The van der Waals surface area contributed by atoms with Gasteiger partial charge in [0.2, 0.25) is 0 Å². The van der Waals surface area contributed by atoms with Crippen molar-refractivity contribution in [3.8, 4) is 0 Å². The molecule has 1 aromatic rings. The average molecular weight is 334 g/mol. The van der Waals surface area contributed by atoms with E-state index in [2.05, 4.69) is 38.1 Å². The Morgan fingerprint density at radius 1 is 1.11 bits per heavy atom. The summed E-state index contributed by atoms with van der Waals surface area (Å²) in [6, 6.07) is 8.24. The molecule has 0 amide bonds. The molecule has 0 bridgehead atoms. The molecule has 0 aromatic heterocycles. The van der Waals surface area contributed by atoms with Crippen LogP contribution >= 0.6 is 0 Å². The van der Waals surface area contributed by atoms with E-state index >= 15 is 0 Å². The quantitative estimate of drug-likeness (QED) is 0.552.